The first-order chi connectivity index (χ1) is 18.1. The summed E-state index contributed by atoms with van der Waals surface area (Å²) in [5.41, 5.74) is 2.10. The van der Waals surface area contributed by atoms with Gasteiger partial charge >= 0.3 is 6.18 Å². The predicted molar refractivity (Wildman–Crippen MR) is 130 cm³/mol. The average Bonchev–Trinajstić information content (AvgIpc) is 2.86. The maximum Gasteiger partial charge on any atom is 0.458 e. The van der Waals surface area contributed by atoms with E-state index in [9.17, 15) is 26.3 Å². The van der Waals surface area contributed by atoms with Crippen molar-refractivity contribution in [2.24, 2.45) is 11.8 Å². The van der Waals surface area contributed by atoms with Gasteiger partial charge in [0.15, 0.2) is 12.1 Å². The van der Waals surface area contributed by atoms with E-state index in [0.29, 0.717) is 24.7 Å². The minimum absolute atomic E-state index is 0.167. The Balaban J connectivity index is 1.37. The van der Waals surface area contributed by atoms with Crippen molar-refractivity contribution in [1.82, 2.24) is 0 Å². The van der Waals surface area contributed by atoms with Gasteiger partial charge < -0.3 is 9.47 Å². The summed E-state index contributed by atoms with van der Waals surface area (Å²) in [6.45, 7) is 3.49. The molecule has 3 aromatic rings. The zero-order chi connectivity index (χ0) is 27.0. The van der Waals surface area contributed by atoms with E-state index >= 15 is 0 Å². The molecular weight excluding hydrogens is 506 g/mol. The molecule has 1 aliphatic heterocycles. The third-order valence-electron chi connectivity index (χ3n) is 6.71. The van der Waals surface area contributed by atoms with E-state index in [2.05, 4.69) is 18.8 Å². The Morgan fingerprint density at radius 3 is 2.32 bits per heavy atom. The van der Waals surface area contributed by atoms with Crippen LogP contribution in [0.4, 0.5) is 26.3 Å². The molecule has 0 radical (unpaired) electrons. The summed E-state index contributed by atoms with van der Waals surface area (Å²) in [7, 11) is 0. The number of alkyl halides is 3. The Morgan fingerprint density at radius 2 is 1.58 bits per heavy atom. The van der Waals surface area contributed by atoms with E-state index in [0.717, 1.165) is 37.3 Å². The summed E-state index contributed by atoms with van der Waals surface area (Å²) in [6, 6.07) is 8.85. The Labute approximate surface area is 215 Å². The first-order valence-corrected chi connectivity index (χ1v) is 12.2. The van der Waals surface area contributed by atoms with Crippen molar-refractivity contribution in [3.8, 4) is 23.7 Å². The van der Waals surface area contributed by atoms with Gasteiger partial charge in [0.2, 0.25) is 0 Å². The second-order valence-corrected chi connectivity index (χ2v) is 9.73. The Kier molecular flexibility index (Phi) is 7.13. The van der Waals surface area contributed by atoms with Crippen LogP contribution < -0.4 is 0 Å². The molecular formula is C30H22F6O2. The number of aryl methyl sites for hydroxylation is 1. The Bertz CT molecular complexity index is 1510. The molecule has 38 heavy (non-hydrogen) atoms. The monoisotopic (exact) mass is 528 g/mol. The molecule has 3 aromatic carbocycles. The molecule has 2 aliphatic rings. The van der Waals surface area contributed by atoms with Gasteiger partial charge in [-0.25, -0.2) is 13.2 Å². The van der Waals surface area contributed by atoms with Crippen LogP contribution in [0.3, 0.4) is 0 Å². The molecule has 1 heterocycles. The fourth-order valence-corrected chi connectivity index (χ4v) is 4.86. The second-order valence-electron chi connectivity index (χ2n) is 9.73. The normalized spacial score (nSPS) is 21.2. The van der Waals surface area contributed by atoms with Crippen LogP contribution in [0.15, 0.2) is 36.4 Å². The molecule has 0 spiro atoms. The fourth-order valence-electron chi connectivity index (χ4n) is 4.86. The lowest BCUT2D eigenvalue weighted by molar-refractivity contribution is -0.223. The number of hydrogen-bond acceptors (Lipinski definition) is 2. The van der Waals surface area contributed by atoms with Crippen molar-refractivity contribution in [2.45, 2.75) is 38.7 Å². The van der Waals surface area contributed by atoms with Crippen LogP contribution in [0, 0.1) is 53.0 Å². The van der Waals surface area contributed by atoms with E-state index in [4.69, 9.17) is 9.47 Å². The zero-order valence-electron chi connectivity index (χ0n) is 20.3. The van der Waals surface area contributed by atoms with Crippen molar-refractivity contribution in [3.05, 3.63) is 81.7 Å². The van der Waals surface area contributed by atoms with Crippen LogP contribution in [0.1, 0.15) is 41.2 Å². The van der Waals surface area contributed by atoms with E-state index in [-0.39, 0.29) is 23.2 Å². The molecule has 0 aromatic heterocycles. The van der Waals surface area contributed by atoms with Gasteiger partial charge in [0.05, 0.1) is 24.2 Å². The SMILES string of the molecule is CC1COC(C2CCc3cc(C#Cc4cc(F)c5c(F)c(C#CC(F)(F)F)c(F)cc5c4)ccc3C2)OC1. The van der Waals surface area contributed by atoms with Crippen LogP contribution >= 0.6 is 0 Å². The number of ether oxygens (including phenoxy) is 2. The molecule has 1 aliphatic carbocycles. The van der Waals surface area contributed by atoms with Crippen molar-refractivity contribution < 1.29 is 35.8 Å². The fraction of sp³-hybridized carbons (Fsp3) is 0.333. The third kappa shape index (κ3) is 5.67. The number of benzene rings is 3. The third-order valence-corrected chi connectivity index (χ3v) is 6.71. The lowest BCUT2D eigenvalue weighted by atomic mass is 9.82. The van der Waals surface area contributed by atoms with Gasteiger partial charge in [0.25, 0.3) is 0 Å². The quantitative estimate of drug-likeness (QED) is 0.259. The Hall–Kier alpha value is -3.46. The number of hydrogen-bond donors (Lipinski definition) is 0. The van der Waals surface area contributed by atoms with Crippen LogP contribution in [0.5, 0.6) is 0 Å². The molecule has 5 rings (SSSR count). The van der Waals surface area contributed by atoms with Crippen LogP contribution in [-0.2, 0) is 22.3 Å². The van der Waals surface area contributed by atoms with Gasteiger partial charge in [-0.1, -0.05) is 30.8 Å². The molecule has 1 unspecified atom stereocenters. The highest BCUT2D eigenvalue weighted by Crippen LogP contribution is 2.32. The average molecular weight is 528 g/mol. The van der Waals surface area contributed by atoms with E-state index in [1.807, 2.05) is 18.2 Å². The first-order valence-electron chi connectivity index (χ1n) is 12.2. The van der Waals surface area contributed by atoms with Gasteiger partial charge in [-0.05, 0) is 66.1 Å². The smallest absolute Gasteiger partial charge is 0.352 e. The van der Waals surface area contributed by atoms with Crippen molar-refractivity contribution >= 4 is 10.8 Å². The highest BCUT2D eigenvalue weighted by molar-refractivity contribution is 5.87. The highest BCUT2D eigenvalue weighted by Gasteiger charge is 2.31. The van der Waals surface area contributed by atoms with Crippen molar-refractivity contribution in [1.29, 1.82) is 0 Å². The number of rotatable bonds is 1. The summed E-state index contributed by atoms with van der Waals surface area (Å²) in [4.78, 5) is 0. The molecule has 196 valence electrons. The Morgan fingerprint density at radius 1 is 0.842 bits per heavy atom. The second kappa shape index (κ2) is 10.4. The highest BCUT2D eigenvalue weighted by atomic mass is 19.4. The topological polar surface area (TPSA) is 18.5 Å². The first kappa shape index (κ1) is 26.2. The molecule has 8 heteroatoms. The molecule has 0 saturated carbocycles. The van der Waals surface area contributed by atoms with Gasteiger partial charge in [-0.2, -0.15) is 13.2 Å². The summed E-state index contributed by atoms with van der Waals surface area (Å²) >= 11 is 0. The summed E-state index contributed by atoms with van der Waals surface area (Å²) < 4.78 is 92.5. The largest absolute Gasteiger partial charge is 0.458 e. The molecule has 1 saturated heterocycles. The molecule has 0 amide bonds. The number of fused-ring (bicyclic) bond motifs is 2. The minimum Gasteiger partial charge on any atom is -0.352 e. The van der Waals surface area contributed by atoms with Crippen LogP contribution in [0.2, 0.25) is 0 Å². The van der Waals surface area contributed by atoms with E-state index in [1.165, 1.54) is 23.1 Å². The summed E-state index contributed by atoms with van der Waals surface area (Å²) in [5, 5.41) is -0.813. The van der Waals surface area contributed by atoms with Gasteiger partial charge in [-0.3, -0.25) is 0 Å². The van der Waals surface area contributed by atoms with E-state index in [1.54, 1.807) is 0 Å². The summed E-state index contributed by atoms with van der Waals surface area (Å²) in [6.07, 6.45) is -2.53. The molecule has 1 atom stereocenters. The van der Waals surface area contributed by atoms with Gasteiger partial charge in [-0.15, -0.1) is 0 Å². The standard InChI is InChI=1S/C30H22F6O2/c1-17-15-37-29(38-16-17)22-7-6-20-10-18(4-5-21(20)13-22)2-3-19-11-23-14-25(31)24(8-9-30(34,35)36)28(33)27(23)26(32)12-19/h4-5,10-12,14,17,22,29H,6-7,13,15-16H2,1H3. The predicted octanol–water partition coefficient (Wildman–Crippen LogP) is 6.68. The lowest BCUT2D eigenvalue weighted by Crippen LogP contribution is -2.38. The van der Waals surface area contributed by atoms with Crippen LogP contribution in [-0.4, -0.2) is 25.7 Å². The molecule has 2 nitrogen and oxygen atoms in total. The zero-order valence-corrected chi connectivity index (χ0v) is 20.3. The molecule has 0 bridgehead atoms. The van der Waals surface area contributed by atoms with Crippen molar-refractivity contribution in [3.63, 3.8) is 0 Å². The molecule has 0 N–H and O–H groups in total. The van der Waals surface area contributed by atoms with Gasteiger partial charge in [0.1, 0.15) is 11.6 Å². The number of halogens is 6. The van der Waals surface area contributed by atoms with E-state index < -0.39 is 34.6 Å². The lowest BCUT2D eigenvalue weighted by Gasteiger charge is -2.35. The molecule has 1 fully saturated rings. The van der Waals surface area contributed by atoms with Crippen LogP contribution in [0.25, 0.3) is 10.8 Å². The van der Waals surface area contributed by atoms with Gasteiger partial charge in [0, 0.05) is 28.9 Å². The maximum absolute atomic E-state index is 14.7. The summed E-state index contributed by atoms with van der Waals surface area (Å²) in [5.74, 6) is 4.80. The minimum atomic E-state index is -4.94. The van der Waals surface area contributed by atoms with Crippen molar-refractivity contribution in [2.75, 3.05) is 13.2 Å². The maximum atomic E-state index is 14.7.